The van der Waals surface area contributed by atoms with Crippen LogP contribution in [0.5, 0.6) is 0 Å². The van der Waals surface area contributed by atoms with E-state index in [0.717, 1.165) is 0 Å². The summed E-state index contributed by atoms with van der Waals surface area (Å²) in [6, 6.07) is 9.44. The van der Waals surface area contributed by atoms with Crippen LogP contribution < -0.4 is 11.1 Å². The molecule has 2 rings (SSSR count). The molecule has 0 atom stereocenters. The van der Waals surface area contributed by atoms with Gasteiger partial charge in [-0.2, -0.15) is 0 Å². The number of rotatable bonds is 3. The van der Waals surface area contributed by atoms with Gasteiger partial charge in [-0.1, -0.05) is 17.7 Å². The lowest BCUT2D eigenvalue weighted by Gasteiger charge is -2.08. The molecule has 0 fully saturated rings. The summed E-state index contributed by atoms with van der Waals surface area (Å²) in [4.78, 5) is 27.2. The van der Waals surface area contributed by atoms with Crippen LogP contribution in [0.4, 0.5) is 5.69 Å². The van der Waals surface area contributed by atoms with Gasteiger partial charge in [0.2, 0.25) is 5.91 Å². The van der Waals surface area contributed by atoms with Crippen LogP contribution in [0.1, 0.15) is 26.4 Å². The number of carbonyl (C=O) groups excluding carboxylic acids is 2. The molecule has 0 aliphatic rings. The number of carbonyl (C=O) groups is 2. The van der Waals surface area contributed by atoms with Gasteiger partial charge < -0.3 is 11.1 Å². The van der Waals surface area contributed by atoms with E-state index in [1.807, 2.05) is 0 Å². The second-order valence-electron chi connectivity index (χ2n) is 4.17. The van der Waals surface area contributed by atoms with E-state index >= 15 is 0 Å². The Balaban J connectivity index is 2.24. The van der Waals surface area contributed by atoms with Crippen molar-refractivity contribution in [2.75, 3.05) is 5.32 Å². The topological polar surface area (TPSA) is 85.1 Å². The molecule has 0 spiro atoms. The second-order valence-corrected chi connectivity index (χ2v) is 4.55. The maximum Gasteiger partial charge on any atom is 0.255 e. The Morgan fingerprint density at radius 1 is 1.20 bits per heavy atom. The molecule has 0 bridgehead atoms. The Morgan fingerprint density at radius 2 is 1.90 bits per heavy atom. The minimum atomic E-state index is -0.580. The highest BCUT2D eigenvalue weighted by Gasteiger charge is 2.10. The van der Waals surface area contributed by atoms with Gasteiger partial charge >= 0.3 is 0 Å². The van der Waals surface area contributed by atoms with Gasteiger partial charge in [-0.05, 0) is 37.3 Å². The first-order valence-electron chi connectivity index (χ1n) is 5.82. The lowest BCUT2D eigenvalue weighted by atomic mass is 10.1. The average molecular weight is 290 g/mol. The lowest BCUT2D eigenvalue weighted by Crippen LogP contribution is -2.16. The van der Waals surface area contributed by atoms with Gasteiger partial charge in [-0.15, -0.1) is 0 Å². The molecule has 1 aromatic carbocycles. The number of hydrogen-bond acceptors (Lipinski definition) is 3. The summed E-state index contributed by atoms with van der Waals surface area (Å²) in [7, 11) is 0. The van der Waals surface area contributed by atoms with Crippen molar-refractivity contribution in [2.45, 2.75) is 6.92 Å². The molecule has 5 nitrogen and oxygen atoms in total. The van der Waals surface area contributed by atoms with Crippen molar-refractivity contribution >= 4 is 29.1 Å². The molecule has 1 aromatic heterocycles. The lowest BCUT2D eigenvalue weighted by molar-refractivity contribution is 0.1000. The summed E-state index contributed by atoms with van der Waals surface area (Å²) in [6.07, 6.45) is 0. The van der Waals surface area contributed by atoms with E-state index in [9.17, 15) is 9.59 Å². The molecule has 102 valence electrons. The first kappa shape index (κ1) is 14.0. The molecule has 0 radical (unpaired) electrons. The summed E-state index contributed by atoms with van der Waals surface area (Å²) in [6.45, 7) is 1.74. The molecule has 0 aliphatic heterocycles. The average Bonchev–Trinajstić information content (AvgIpc) is 2.42. The molecule has 20 heavy (non-hydrogen) atoms. The van der Waals surface area contributed by atoms with E-state index in [-0.39, 0.29) is 11.5 Å². The van der Waals surface area contributed by atoms with E-state index in [1.54, 1.807) is 37.3 Å². The zero-order chi connectivity index (χ0) is 14.7. The number of anilines is 1. The van der Waals surface area contributed by atoms with Gasteiger partial charge in [-0.25, -0.2) is 4.98 Å². The fourth-order valence-electron chi connectivity index (χ4n) is 1.67. The van der Waals surface area contributed by atoms with Crippen LogP contribution in [0.2, 0.25) is 5.15 Å². The molecule has 3 N–H and O–H groups in total. The minimum Gasteiger partial charge on any atom is -0.366 e. The number of amides is 2. The number of pyridine rings is 1. The van der Waals surface area contributed by atoms with Gasteiger partial charge in [0.1, 0.15) is 5.15 Å². The van der Waals surface area contributed by atoms with Gasteiger partial charge in [0, 0.05) is 11.1 Å². The van der Waals surface area contributed by atoms with Crippen LogP contribution >= 0.6 is 11.6 Å². The summed E-state index contributed by atoms with van der Waals surface area (Å²) in [5.74, 6) is -0.927. The molecule has 2 amide bonds. The summed E-state index contributed by atoms with van der Waals surface area (Å²) >= 11 is 5.75. The molecular weight excluding hydrogens is 278 g/mol. The standard InChI is InChI=1S/C14H12ClN3O2/c1-8-11(5-6-12(15)17-8)18-14(20)10-4-2-3-9(7-10)13(16)19/h2-7H,1H3,(H2,16,19)(H,18,20). The highest BCUT2D eigenvalue weighted by molar-refractivity contribution is 6.29. The van der Waals surface area contributed by atoms with E-state index < -0.39 is 5.91 Å². The Kier molecular flexibility index (Phi) is 4.00. The predicted octanol–water partition coefficient (Wildman–Crippen LogP) is 2.39. The van der Waals surface area contributed by atoms with E-state index in [4.69, 9.17) is 17.3 Å². The fraction of sp³-hybridized carbons (Fsp3) is 0.0714. The number of benzene rings is 1. The van der Waals surface area contributed by atoms with Crippen LogP contribution in [0.15, 0.2) is 36.4 Å². The Morgan fingerprint density at radius 3 is 2.55 bits per heavy atom. The van der Waals surface area contributed by atoms with Gasteiger partial charge in [0.15, 0.2) is 0 Å². The third-order valence-electron chi connectivity index (χ3n) is 2.71. The van der Waals surface area contributed by atoms with Crippen molar-refractivity contribution in [3.05, 3.63) is 58.4 Å². The predicted molar refractivity (Wildman–Crippen MR) is 76.9 cm³/mol. The molecule has 1 heterocycles. The number of nitrogens with two attached hydrogens (primary N) is 1. The van der Waals surface area contributed by atoms with Gasteiger partial charge in [0.05, 0.1) is 11.4 Å². The van der Waals surface area contributed by atoms with Crippen molar-refractivity contribution in [3.63, 3.8) is 0 Å². The van der Waals surface area contributed by atoms with Crippen molar-refractivity contribution in [1.82, 2.24) is 4.98 Å². The number of nitrogens with one attached hydrogen (secondary N) is 1. The highest BCUT2D eigenvalue weighted by Crippen LogP contribution is 2.17. The minimum absolute atomic E-state index is 0.281. The Labute approximate surface area is 120 Å². The quantitative estimate of drug-likeness (QED) is 0.851. The molecule has 6 heteroatoms. The summed E-state index contributed by atoms with van der Waals surface area (Å²) < 4.78 is 0. The van der Waals surface area contributed by atoms with E-state index in [0.29, 0.717) is 22.1 Å². The zero-order valence-corrected chi connectivity index (χ0v) is 11.4. The van der Waals surface area contributed by atoms with Crippen LogP contribution in [-0.4, -0.2) is 16.8 Å². The van der Waals surface area contributed by atoms with Crippen molar-refractivity contribution in [2.24, 2.45) is 5.73 Å². The summed E-state index contributed by atoms with van der Waals surface area (Å²) in [5.41, 5.74) is 6.97. The first-order chi connectivity index (χ1) is 9.47. The number of aryl methyl sites for hydroxylation is 1. The zero-order valence-electron chi connectivity index (χ0n) is 10.7. The molecule has 0 saturated heterocycles. The van der Waals surface area contributed by atoms with Crippen molar-refractivity contribution in [1.29, 1.82) is 0 Å². The Hall–Kier alpha value is -2.40. The van der Waals surface area contributed by atoms with E-state index in [2.05, 4.69) is 10.3 Å². The van der Waals surface area contributed by atoms with Gasteiger partial charge in [0.25, 0.3) is 5.91 Å². The normalized spacial score (nSPS) is 10.1. The number of aromatic nitrogens is 1. The third kappa shape index (κ3) is 3.13. The van der Waals surface area contributed by atoms with Crippen LogP contribution in [-0.2, 0) is 0 Å². The first-order valence-corrected chi connectivity index (χ1v) is 6.19. The van der Waals surface area contributed by atoms with Gasteiger partial charge in [-0.3, -0.25) is 9.59 Å². The highest BCUT2D eigenvalue weighted by atomic mass is 35.5. The van der Waals surface area contributed by atoms with Crippen LogP contribution in [0.3, 0.4) is 0 Å². The third-order valence-corrected chi connectivity index (χ3v) is 2.92. The molecule has 0 saturated carbocycles. The number of hydrogen-bond donors (Lipinski definition) is 2. The number of primary amides is 1. The van der Waals surface area contributed by atoms with E-state index in [1.165, 1.54) is 6.07 Å². The summed E-state index contributed by atoms with van der Waals surface area (Å²) in [5, 5.41) is 3.07. The second kappa shape index (κ2) is 5.71. The Bertz CT molecular complexity index is 686. The SMILES string of the molecule is Cc1nc(Cl)ccc1NC(=O)c1cccc(C(N)=O)c1. The largest absolute Gasteiger partial charge is 0.366 e. The van der Waals surface area contributed by atoms with Crippen LogP contribution in [0, 0.1) is 6.92 Å². The molecule has 0 aliphatic carbocycles. The molecular formula is C14H12ClN3O2. The number of nitrogens with zero attached hydrogens (tertiary/aromatic N) is 1. The maximum atomic E-state index is 12.1. The fourth-order valence-corrected chi connectivity index (χ4v) is 1.86. The van der Waals surface area contributed by atoms with Crippen LogP contribution in [0.25, 0.3) is 0 Å². The molecule has 2 aromatic rings. The number of halogens is 1. The smallest absolute Gasteiger partial charge is 0.255 e. The van der Waals surface area contributed by atoms with Crippen molar-refractivity contribution < 1.29 is 9.59 Å². The monoisotopic (exact) mass is 289 g/mol. The maximum absolute atomic E-state index is 12.1. The van der Waals surface area contributed by atoms with Crippen molar-refractivity contribution in [3.8, 4) is 0 Å². The molecule has 0 unspecified atom stereocenters.